The van der Waals surface area contributed by atoms with Gasteiger partial charge < -0.3 is 10.3 Å². The van der Waals surface area contributed by atoms with Gasteiger partial charge >= 0.3 is 0 Å². The van der Waals surface area contributed by atoms with Gasteiger partial charge in [-0.1, -0.05) is 84.4 Å². The molecule has 38 heavy (non-hydrogen) atoms. The number of H-pyrrole nitrogens is 1. The summed E-state index contributed by atoms with van der Waals surface area (Å²) < 4.78 is 0. The fourth-order valence-corrected chi connectivity index (χ4v) is 5.20. The minimum Gasteiger partial charge on any atom is -0.354 e. The molecule has 0 bridgehead atoms. The van der Waals surface area contributed by atoms with Crippen molar-refractivity contribution in [2.45, 2.75) is 18.9 Å². The van der Waals surface area contributed by atoms with Crippen molar-refractivity contribution < 1.29 is 4.79 Å². The summed E-state index contributed by atoms with van der Waals surface area (Å²) in [6.07, 6.45) is 1.79. The molecule has 0 saturated carbocycles. The van der Waals surface area contributed by atoms with Crippen molar-refractivity contribution >= 4 is 17.5 Å². The van der Waals surface area contributed by atoms with E-state index in [0.29, 0.717) is 12.4 Å². The van der Waals surface area contributed by atoms with Crippen LogP contribution in [0, 0.1) is 0 Å². The van der Waals surface area contributed by atoms with E-state index in [2.05, 4.69) is 67.5 Å². The third kappa shape index (κ3) is 6.33. The summed E-state index contributed by atoms with van der Waals surface area (Å²) in [4.78, 5) is 25.5. The number of aromatic amines is 1. The lowest BCUT2D eigenvalue weighted by Gasteiger charge is -2.39. The van der Waals surface area contributed by atoms with Gasteiger partial charge in [-0.25, -0.2) is 4.98 Å². The number of hydrogen-bond acceptors (Lipinski definition) is 4. The second kappa shape index (κ2) is 12.4. The molecule has 2 N–H and O–H groups in total. The van der Waals surface area contributed by atoms with E-state index in [4.69, 9.17) is 11.6 Å². The molecule has 2 atom stereocenters. The molecule has 4 aromatic rings. The van der Waals surface area contributed by atoms with Crippen molar-refractivity contribution in [2.24, 2.45) is 0 Å². The highest BCUT2D eigenvalue weighted by atomic mass is 35.5. The molecule has 1 saturated heterocycles. The zero-order chi connectivity index (χ0) is 26.3. The molecule has 3 aromatic carbocycles. The second-order valence-electron chi connectivity index (χ2n) is 9.80. The van der Waals surface area contributed by atoms with Crippen molar-refractivity contribution in [1.82, 2.24) is 25.1 Å². The number of aromatic nitrogens is 2. The van der Waals surface area contributed by atoms with Gasteiger partial charge in [0.25, 0.3) is 0 Å². The zero-order valence-corrected chi connectivity index (χ0v) is 22.4. The lowest BCUT2D eigenvalue weighted by molar-refractivity contribution is -0.122. The number of amides is 1. The van der Waals surface area contributed by atoms with E-state index >= 15 is 0 Å². The molecule has 1 aromatic heterocycles. The van der Waals surface area contributed by atoms with Crippen molar-refractivity contribution in [3.63, 3.8) is 0 Å². The summed E-state index contributed by atoms with van der Waals surface area (Å²) in [7, 11) is 0. The molecule has 1 amide bonds. The van der Waals surface area contributed by atoms with Crippen LogP contribution in [0.5, 0.6) is 0 Å². The minimum absolute atomic E-state index is 0.00974. The van der Waals surface area contributed by atoms with Crippen molar-refractivity contribution in [3.05, 3.63) is 113 Å². The number of hydrogen-bond donors (Lipinski definition) is 2. The topological polar surface area (TPSA) is 64.3 Å². The molecule has 0 aliphatic carbocycles. The van der Waals surface area contributed by atoms with Gasteiger partial charge in [-0.05, 0) is 35.7 Å². The molecule has 0 radical (unpaired) electrons. The maximum atomic E-state index is 12.8. The minimum atomic E-state index is -0.338. The summed E-state index contributed by atoms with van der Waals surface area (Å²) in [5, 5.41) is 3.86. The maximum absolute atomic E-state index is 12.8. The molecular weight excluding hydrogens is 494 g/mol. The van der Waals surface area contributed by atoms with Gasteiger partial charge in [0.2, 0.25) is 5.91 Å². The quantitative estimate of drug-likeness (QED) is 0.308. The van der Waals surface area contributed by atoms with E-state index in [0.717, 1.165) is 49.0 Å². The molecule has 5 rings (SSSR count). The lowest BCUT2D eigenvalue weighted by Crippen LogP contribution is -2.49. The predicted molar refractivity (Wildman–Crippen MR) is 153 cm³/mol. The Labute approximate surface area is 229 Å². The van der Waals surface area contributed by atoms with Crippen molar-refractivity contribution in [1.29, 1.82) is 0 Å². The Balaban J connectivity index is 1.12. The lowest BCUT2D eigenvalue weighted by atomic mass is 9.96. The molecule has 7 heteroatoms. The highest BCUT2D eigenvalue weighted by Crippen LogP contribution is 2.30. The monoisotopic (exact) mass is 527 g/mol. The first-order chi connectivity index (χ1) is 18.6. The number of benzene rings is 3. The first-order valence-corrected chi connectivity index (χ1v) is 13.6. The number of imidazole rings is 1. The number of carbonyl (C=O) groups excluding carboxylic acids is 1. The summed E-state index contributed by atoms with van der Waals surface area (Å²) in [5.41, 5.74) is 4.52. The molecular formula is C31H34ClN5O. The van der Waals surface area contributed by atoms with Gasteiger partial charge in [0.1, 0.15) is 5.82 Å². The Bertz CT molecular complexity index is 1300. The smallest absolute Gasteiger partial charge is 0.230 e. The Morgan fingerprint density at radius 1 is 0.921 bits per heavy atom. The molecule has 1 aliphatic heterocycles. The van der Waals surface area contributed by atoms with Crippen LogP contribution >= 0.6 is 11.6 Å². The summed E-state index contributed by atoms with van der Waals surface area (Å²) >= 11 is 6.16. The molecule has 6 nitrogen and oxygen atoms in total. The number of rotatable bonds is 9. The Hall–Kier alpha value is -3.45. The molecule has 1 aliphatic rings. The third-order valence-corrected chi connectivity index (χ3v) is 7.54. The van der Waals surface area contributed by atoms with Crippen LogP contribution in [0.3, 0.4) is 0 Å². The van der Waals surface area contributed by atoms with Crippen LogP contribution in [0.15, 0.2) is 91.1 Å². The van der Waals surface area contributed by atoms with E-state index in [1.165, 1.54) is 11.1 Å². The Kier molecular flexibility index (Phi) is 8.54. The number of nitrogens with zero attached hydrogens (tertiary/aromatic N) is 3. The standard InChI is InChI=1S/C31H34ClN5O/c1-23(30-34-22-28(35-30)24-8-4-2-5-9-24)31(38)33-16-17-36-18-20-37(21-19-36)29(25-10-6-3-7-11-25)26-12-14-27(32)15-13-26/h2-15,22-23,29H,16-21H2,1H3,(H,33,38)(H,34,35). The first-order valence-electron chi connectivity index (χ1n) is 13.2. The zero-order valence-electron chi connectivity index (χ0n) is 21.7. The summed E-state index contributed by atoms with van der Waals surface area (Å²) in [5.74, 6) is 0.337. The van der Waals surface area contributed by atoms with Crippen LogP contribution in [0.25, 0.3) is 11.3 Å². The summed E-state index contributed by atoms with van der Waals surface area (Å²) in [6, 6.07) is 29.1. The van der Waals surface area contributed by atoms with Gasteiger partial charge in [-0.15, -0.1) is 0 Å². The largest absolute Gasteiger partial charge is 0.354 e. The van der Waals surface area contributed by atoms with Crippen LogP contribution in [-0.4, -0.2) is 64.9 Å². The maximum Gasteiger partial charge on any atom is 0.230 e. The van der Waals surface area contributed by atoms with Crippen LogP contribution in [0.2, 0.25) is 5.02 Å². The Morgan fingerprint density at radius 3 is 2.24 bits per heavy atom. The normalized spacial score (nSPS) is 16.2. The molecule has 1 fully saturated rings. The fourth-order valence-electron chi connectivity index (χ4n) is 5.08. The highest BCUT2D eigenvalue weighted by Gasteiger charge is 2.26. The molecule has 2 unspecified atom stereocenters. The average molecular weight is 528 g/mol. The van der Waals surface area contributed by atoms with Gasteiger partial charge in [0.05, 0.1) is 23.9 Å². The fraction of sp³-hybridized carbons (Fsp3) is 0.290. The van der Waals surface area contributed by atoms with Crippen molar-refractivity contribution in [3.8, 4) is 11.3 Å². The van der Waals surface area contributed by atoms with Crippen LogP contribution in [0.4, 0.5) is 0 Å². The van der Waals surface area contributed by atoms with Crippen LogP contribution in [-0.2, 0) is 4.79 Å². The van der Waals surface area contributed by atoms with Gasteiger partial charge in [0.15, 0.2) is 0 Å². The molecule has 0 spiro atoms. The van der Waals surface area contributed by atoms with Crippen molar-refractivity contribution in [2.75, 3.05) is 39.3 Å². The Morgan fingerprint density at radius 2 is 1.55 bits per heavy atom. The highest BCUT2D eigenvalue weighted by molar-refractivity contribution is 6.30. The number of carbonyl (C=O) groups is 1. The SMILES string of the molecule is CC(C(=O)NCCN1CCN(C(c2ccccc2)c2ccc(Cl)cc2)CC1)c1ncc(-c2ccccc2)[nH]1. The molecule has 2 heterocycles. The van der Waals surface area contributed by atoms with E-state index in [-0.39, 0.29) is 17.9 Å². The van der Waals surface area contributed by atoms with E-state index < -0.39 is 0 Å². The van der Waals surface area contributed by atoms with E-state index in [9.17, 15) is 4.79 Å². The van der Waals surface area contributed by atoms with Crippen LogP contribution < -0.4 is 5.32 Å². The number of nitrogens with one attached hydrogen (secondary N) is 2. The van der Waals surface area contributed by atoms with Crippen LogP contribution in [0.1, 0.15) is 35.8 Å². The van der Waals surface area contributed by atoms with Gasteiger partial charge in [-0.3, -0.25) is 14.6 Å². The van der Waals surface area contributed by atoms with E-state index in [1.54, 1.807) is 6.20 Å². The second-order valence-corrected chi connectivity index (χ2v) is 10.2. The average Bonchev–Trinajstić information content (AvgIpc) is 3.46. The van der Waals surface area contributed by atoms with Gasteiger partial charge in [0, 0.05) is 44.3 Å². The third-order valence-electron chi connectivity index (χ3n) is 7.28. The first kappa shape index (κ1) is 26.2. The van der Waals surface area contributed by atoms with Gasteiger partial charge in [-0.2, -0.15) is 0 Å². The number of halogens is 1. The molecule has 196 valence electrons. The summed E-state index contributed by atoms with van der Waals surface area (Å²) in [6.45, 7) is 7.18. The predicted octanol–water partition coefficient (Wildman–Crippen LogP) is 5.36. The van der Waals surface area contributed by atoms with E-state index in [1.807, 2.05) is 49.4 Å². The number of piperazine rings is 1.